The molecule has 0 spiro atoms. The van der Waals surface area contributed by atoms with E-state index in [0.29, 0.717) is 13.0 Å². The van der Waals surface area contributed by atoms with E-state index >= 15 is 0 Å². The zero-order valence-electron chi connectivity index (χ0n) is 20.0. The highest BCUT2D eigenvalue weighted by atomic mass is 16.6. The van der Waals surface area contributed by atoms with Crippen molar-refractivity contribution in [1.29, 1.82) is 0 Å². The fraction of sp³-hybridized carbons (Fsp3) is 0.636. The highest BCUT2D eigenvalue weighted by Crippen LogP contribution is 2.36. The van der Waals surface area contributed by atoms with Crippen molar-refractivity contribution in [3.63, 3.8) is 0 Å². The number of esters is 2. The van der Waals surface area contributed by atoms with Crippen molar-refractivity contribution in [3.05, 3.63) is 20.8 Å². The minimum Gasteiger partial charge on any atom is -0.460 e. The summed E-state index contributed by atoms with van der Waals surface area (Å²) in [5.74, 6) is -1.39. The van der Waals surface area contributed by atoms with Crippen LogP contribution in [0.5, 0.6) is 0 Å². The Hall–Kier alpha value is -3.48. The monoisotopic (exact) mass is 491 g/mol. The first kappa shape index (κ1) is 24.6. The molecule has 1 saturated carbocycles. The molecule has 13 heteroatoms. The van der Waals surface area contributed by atoms with Crippen LogP contribution in [0.15, 0.2) is 9.59 Å². The highest BCUT2D eigenvalue weighted by Gasteiger charge is 2.45. The van der Waals surface area contributed by atoms with Crippen molar-refractivity contribution in [2.45, 2.75) is 84.5 Å². The van der Waals surface area contributed by atoms with E-state index in [4.69, 9.17) is 14.2 Å². The van der Waals surface area contributed by atoms with Gasteiger partial charge in [0, 0.05) is 33.7 Å². The summed E-state index contributed by atoms with van der Waals surface area (Å²) in [5, 5.41) is 2.42. The third-order valence-corrected chi connectivity index (χ3v) is 6.05. The molecular weight excluding hydrogens is 462 g/mol. The van der Waals surface area contributed by atoms with Gasteiger partial charge in [-0.25, -0.2) is 9.36 Å². The number of hydrogen-bond donors (Lipinski definition) is 2. The molecule has 2 N–H and O–H groups in total. The second-order valence-corrected chi connectivity index (χ2v) is 8.98. The van der Waals surface area contributed by atoms with Crippen LogP contribution in [0.25, 0.3) is 11.2 Å². The number of hydrogen-bond acceptors (Lipinski definition) is 9. The van der Waals surface area contributed by atoms with Gasteiger partial charge in [-0.3, -0.25) is 34.0 Å². The molecule has 1 aliphatic heterocycles. The summed E-state index contributed by atoms with van der Waals surface area (Å²) >= 11 is 0. The summed E-state index contributed by atoms with van der Waals surface area (Å²) in [6.45, 7) is 5.93. The van der Waals surface area contributed by atoms with Gasteiger partial charge in [0.1, 0.15) is 18.3 Å². The smallest absolute Gasteiger partial charge is 0.332 e. The van der Waals surface area contributed by atoms with Crippen molar-refractivity contribution in [3.8, 4) is 0 Å². The lowest BCUT2D eigenvalue weighted by Crippen LogP contribution is -2.34. The largest absolute Gasteiger partial charge is 0.460 e. The molecule has 3 heterocycles. The Morgan fingerprint density at radius 3 is 2.49 bits per heavy atom. The van der Waals surface area contributed by atoms with Crippen LogP contribution in [0.4, 0.5) is 5.95 Å². The van der Waals surface area contributed by atoms with Crippen LogP contribution < -0.4 is 16.6 Å². The molecule has 2 fully saturated rings. The number of H-pyrrole nitrogens is 1. The predicted octanol–water partition coefficient (Wildman–Crippen LogP) is 0.816. The van der Waals surface area contributed by atoms with Gasteiger partial charge in [0.25, 0.3) is 5.56 Å². The topological polar surface area (TPSA) is 164 Å². The normalized spacial score (nSPS) is 22.7. The van der Waals surface area contributed by atoms with Crippen LogP contribution in [0.2, 0.25) is 0 Å². The number of fused-ring (bicyclic) bond motifs is 1. The Morgan fingerprint density at radius 2 is 1.91 bits per heavy atom. The molecule has 190 valence electrons. The van der Waals surface area contributed by atoms with Crippen LogP contribution in [-0.2, 0) is 35.1 Å². The van der Waals surface area contributed by atoms with Crippen molar-refractivity contribution < 1.29 is 28.6 Å². The lowest BCUT2D eigenvalue weighted by Gasteiger charge is -2.22. The van der Waals surface area contributed by atoms with Crippen LogP contribution in [-0.4, -0.2) is 55.3 Å². The molecule has 0 aromatic carbocycles. The summed E-state index contributed by atoms with van der Waals surface area (Å²) in [6, 6.07) is 0. The molecule has 13 nitrogen and oxygen atoms in total. The van der Waals surface area contributed by atoms with E-state index in [2.05, 4.69) is 15.3 Å². The van der Waals surface area contributed by atoms with E-state index < -0.39 is 53.6 Å². The summed E-state index contributed by atoms with van der Waals surface area (Å²) in [4.78, 5) is 68.4. The molecule has 1 amide bonds. The van der Waals surface area contributed by atoms with Gasteiger partial charge >= 0.3 is 17.6 Å². The zero-order valence-corrected chi connectivity index (χ0v) is 20.0. The van der Waals surface area contributed by atoms with Gasteiger partial charge in [-0.05, 0) is 25.2 Å². The first-order valence-corrected chi connectivity index (χ1v) is 11.6. The van der Waals surface area contributed by atoms with Crippen molar-refractivity contribution in [1.82, 2.24) is 19.1 Å². The van der Waals surface area contributed by atoms with Gasteiger partial charge in [-0.15, -0.1) is 0 Å². The molecule has 1 saturated heterocycles. The second kappa shape index (κ2) is 9.64. The fourth-order valence-corrected chi connectivity index (χ4v) is 4.45. The maximum atomic E-state index is 13.6. The lowest BCUT2D eigenvalue weighted by atomic mass is 10.1. The number of imidazole rings is 1. The summed E-state index contributed by atoms with van der Waals surface area (Å²) in [6.07, 6.45) is -0.832. The molecule has 4 rings (SSSR count). The number of aromatic nitrogens is 4. The Kier molecular flexibility index (Phi) is 6.79. The molecule has 0 radical (unpaired) electrons. The summed E-state index contributed by atoms with van der Waals surface area (Å²) in [5.41, 5.74) is -1.11. The van der Waals surface area contributed by atoms with E-state index in [9.17, 15) is 24.0 Å². The maximum Gasteiger partial charge on any atom is 0.332 e. The molecule has 2 aliphatic rings. The second-order valence-electron chi connectivity index (χ2n) is 8.98. The molecule has 0 bridgehead atoms. The zero-order chi connectivity index (χ0) is 25.4. The molecule has 2 aromatic heterocycles. The van der Waals surface area contributed by atoms with Gasteiger partial charge in [-0.2, -0.15) is 4.98 Å². The van der Waals surface area contributed by atoms with Crippen molar-refractivity contribution >= 4 is 35.0 Å². The van der Waals surface area contributed by atoms with E-state index in [1.165, 1.54) is 29.9 Å². The number of amides is 1. The number of nitrogens with one attached hydrogen (secondary N) is 2. The SMILES string of the molecule is CCC(OC(C)=O)[C@@H]1C[C@@H](OC(C)=O)[C@H](n2c(=O)n(CC3CC3)c3c(=O)[nH]c(NC(C)=O)nc32)O1. The van der Waals surface area contributed by atoms with Crippen LogP contribution in [0.1, 0.15) is 59.6 Å². The van der Waals surface area contributed by atoms with Crippen LogP contribution in [0.3, 0.4) is 0 Å². The maximum absolute atomic E-state index is 13.6. The highest BCUT2D eigenvalue weighted by molar-refractivity contribution is 5.87. The van der Waals surface area contributed by atoms with Gasteiger partial charge in [-0.1, -0.05) is 6.92 Å². The number of carbonyl (C=O) groups excluding carboxylic acids is 3. The predicted molar refractivity (Wildman–Crippen MR) is 122 cm³/mol. The van der Waals surface area contributed by atoms with Crippen LogP contribution >= 0.6 is 0 Å². The molecular formula is C22H29N5O8. The molecule has 2 aromatic rings. The number of aromatic amines is 1. The van der Waals surface area contributed by atoms with E-state index in [-0.39, 0.29) is 29.5 Å². The minimum absolute atomic E-state index is 0.00788. The van der Waals surface area contributed by atoms with Gasteiger partial charge in [0.2, 0.25) is 11.9 Å². The molecule has 4 atom stereocenters. The standard InChI is InChI=1S/C22H29N5O8/c1-5-14(33-11(3)29)15-8-16(34-12(4)30)20(35-15)27-18-17(26(22(27)32)9-13-6-7-13)19(31)25-21(24-18)23-10(2)28/h13-16,20H,5-9H2,1-4H3,(H2,23,24,25,28,31)/t14?,15-,16+,20+/m0/s1. The summed E-state index contributed by atoms with van der Waals surface area (Å²) in [7, 11) is 0. The van der Waals surface area contributed by atoms with Gasteiger partial charge < -0.3 is 14.2 Å². The molecule has 35 heavy (non-hydrogen) atoms. The Balaban J connectivity index is 1.85. The minimum atomic E-state index is -1.12. The number of anilines is 1. The van der Waals surface area contributed by atoms with E-state index in [1.807, 2.05) is 6.92 Å². The number of carbonyl (C=O) groups is 3. The number of ether oxygens (including phenoxy) is 3. The first-order valence-electron chi connectivity index (χ1n) is 11.6. The third kappa shape index (κ3) is 5.14. The number of nitrogens with zero attached hydrogens (tertiary/aromatic N) is 3. The average molecular weight is 492 g/mol. The average Bonchev–Trinajstić information content (AvgIpc) is 3.42. The fourth-order valence-electron chi connectivity index (χ4n) is 4.45. The van der Waals surface area contributed by atoms with E-state index in [1.54, 1.807) is 0 Å². The van der Waals surface area contributed by atoms with Gasteiger partial charge in [0.15, 0.2) is 17.4 Å². The van der Waals surface area contributed by atoms with Crippen LogP contribution in [0, 0.1) is 5.92 Å². The molecule has 1 aliphatic carbocycles. The van der Waals surface area contributed by atoms with E-state index in [0.717, 1.165) is 12.8 Å². The Labute approximate surface area is 199 Å². The Bertz CT molecular complexity index is 1270. The lowest BCUT2D eigenvalue weighted by molar-refractivity contribution is -0.158. The molecule has 1 unspecified atom stereocenters. The number of rotatable bonds is 8. The first-order chi connectivity index (χ1) is 16.6. The third-order valence-electron chi connectivity index (χ3n) is 6.05. The van der Waals surface area contributed by atoms with Crippen molar-refractivity contribution in [2.75, 3.05) is 5.32 Å². The summed E-state index contributed by atoms with van der Waals surface area (Å²) < 4.78 is 19.5. The quantitative estimate of drug-likeness (QED) is 0.509. The Morgan fingerprint density at radius 1 is 1.20 bits per heavy atom. The van der Waals surface area contributed by atoms with Crippen molar-refractivity contribution in [2.24, 2.45) is 5.92 Å². The van der Waals surface area contributed by atoms with Gasteiger partial charge in [0.05, 0.1) is 0 Å².